The van der Waals surface area contributed by atoms with Gasteiger partial charge >= 0.3 is 0 Å². The summed E-state index contributed by atoms with van der Waals surface area (Å²) in [5.74, 6) is -0.129. The van der Waals surface area contributed by atoms with E-state index in [-0.39, 0.29) is 29.6 Å². The molecule has 2 aromatic carbocycles. The molecule has 122 valence electrons. The van der Waals surface area contributed by atoms with E-state index in [0.29, 0.717) is 5.56 Å². The first-order valence-corrected chi connectivity index (χ1v) is 8.10. The van der Waals surface area contributed by atoms with Crippen LogP contribution in [-0.4, -0.2) is 11.9 Å². The van der Waals surface area contributed by atoms with Crippen molar-refractivity contribution in [3.63, 3.8) is 0 Å². The summed E-state index contributed by atoms with van der Waals surface area (Å²) in [7, 11) is 0. The third-order valence-corrected chi connectivity index (χ3v) is 4.41. The first-order chi connectivity index (χ1) is 11.5. The Labute approximate surface area is 141 Å². The van der Waals surface area contributed by atoms with Crippen molar-refractivity contribution < 1.29 is 9.18 Å². The van der Waals surface area contributed by atoms with Gasteiger partial charge < -0.3 is 4.90 Å². The lowest BCUT2D eigenvalue weighted by molar-refractivity contribution is -0.120. The topological polar surface area (TPSA) is 44.1 Å². The summed E-state index contributed by atoms with van der Waals surface area (Å²) < 4.78 is 13.1. The fourth-order valence-electron chi connectivity index (χ4n) is 3.13. The lowest BCUT2D eigenvalue weighted by Crippen LogP contribution is -2.38. The van der Waals surface area contributed by atoms with Crippen LogP contribution in [0.15, 0.2) is 48.5 Å². The minimum absolute atomic E-state index is 0.000843. The SMILES string of the molecule is CC(C)N(C(=O)C1CC1c1ccc(F)cc1)c1cccc(C#N)c1. The van der Waals surface area contributed by atoms with E-state index in [1.54, 1.807) is 35.2 Å². The Morgan fingerprint density at radius 3 is 2.58 bits per heavy atom. The summed E-state index contributed by atoms with van der Waals surface area (Å²) in [5, 5.41) is 9.07. The second kappa shape index (κ2) is 6.45. The zero-order valence-corrected chi connectivity index (χ0v) is 13.7. The second-order valence-corrected chi connectivity index (χ2v) is 6.46. The number of benzene rings is 2. The summed E-state index contributed by atoms with van der Waals surface area (Å²) in [6.45, 7) is 3.93. The maximum atomic E-state index is 13.1. The summed E-state index contributed by atoms with van der Waals surface area (Å²) in [5.41, 5.74) is 2.29. The molecule has 0 heterocycles. The maximum absolute atomic E-state index is 13.1. The van der Waals surface area contributed by atoms with Gasteiger partial charge in [-0.3, -0.25) is 4.79 Å². The van der Waals surface area contributed by atoms with Gasteiger partial charge in [-0.1, -0.05) is 18.2 Å². The normalized spacial score (nSPS) is 19.0. The second-order valence-electron chi connectivity index (χ2n) is 6.46. The summed E-state index contributed by atoms with van der Waals surface area (Å²) in [4.78, 5) is 14.7. The van der Waals surface area contributed by atoms with E-state index in [9.17, 15) is 9.18 Å². The predicted octanol–water partition coefficient (Wildman–Crippen LogP) is 4.24. The molecule has 1 saturated carbocycles. The molecule has 0 aliphatic heterocycles. The average Bonchev–Trinajstić information content (AvgIpc) is 3.36. The number of carbonyl (C=O) groups excluding carboxylic acids is 1. The van der Waals surface area contributed by atoms with E-state index in [4.69, 9.17) is 5.26 Å². The Hall–Kier alpha value is -2.67. The molecule has 0 bridgehead atoms. The van der Waals surface area contributed by atoms with Crippen LogP contribution in [0.2, 0.25) is 0 Å². The minimum Gasteiger partial charge on any atom is -0.310 e. The highest BCUT2D eigenvalue weighted by atomic mass is 19.1. The number of hydrogen-bond donors (Lipinski definition) is 0. The van der Waals surface area contributed by atoms with E-state index in [1.165, 1.54) is 12.1 Å². The number of anilines is 1. The molecule has 2 atom stereocenters. The van der Waals surface area contributed by atoms with Crippen LogP contribution in [0.3, 0.4) is 0 Å². The van der Waals surface area contributed by atoms with Gasteiger partial charge in [-0.05, 0) is 62.1 Å². The number of amides is 1. The quantitative estimate of drug-likeness (QED) is 0.845. The monoisotopic (exact) mass is 322 g/mol. The highest BCUT2D eigenvalue weighted by Gasteiger charge is 2.46. The van der Waals surface area contributed by atoms with Gasteiger partial charge in [0.25, 0.3) is 0 Å². The first kappa shape index (κ1) is 16.2. The molecule has 0 N–H and O–H groups in total. The third kappa shape index (κ3) is 3.16. The molecule has 2 aromatic rings. The predicted molar refractivity (Wildman–Crippen MR) is 91.0 cm³/mol. The fraction of sp³-hybridized carbons (Fsp3) is 0.300. The van der Waals surface area contributed by atoms with Gasteiger partial charge in [0.2, 0.25) is 5.91 Å². The van der Waals surface area contributed by atoms with E-state index in [0.717, 1.165) is 17.7 Å². The van der Waals surface area contributed by atoms with Gasteiger partial charge in [-0.25, -0.2) is 4.39 Å². The van der Waals surface area contributed by atoms with E-state index in [2.05, 4.69) is 6.07 Å². The molecule has 3 rings (SSSR count). The van der Waals surface area contributed by atoms with Crippen molar-refractivity contribution in [3.8, 4) is 6.07 Å². The highest BCUT2D eigenvalue weighted by Crippen LogP contribution is 2.49. The Balaban J connectivity index is 1.81. The molecule has 0 radical (unpaired) electrons. The third-order valence-electron chi connectivity index (χ3n) is 4.41. The van der Waals surface area contributed by atoms with Crippen molar-refractivity contribution in [1.82, 2.24) is 0 Å². The summed E-state index contributed by atoms with van der Waals surface area (Å²) in [6.07, 6.45) is 0.783. The van der Waals surface area contributed by atoms with Crippen molar-refractivity contribution in [1.29, 1.82) is 5.26 Å². The van der Waals surface area contributed by atoms with E-state index in [1.807, 2.05) is 19.9 Å². The Morgan fingerprint density at radius 2 is 1.96 bits per heavy atom. The summed E-state index contributed by atoms with van der Waals surface area (Å²) in [6, 6.07) is 15.6. The molecule has 1 amide bonds. The molecule has 1 fully saturated rings. The van der Waals surface area contributed by atoms with Gasteiger partial charge in [-0.2, -0.15) is 5.26 Å². The fourth-order valence-corrected chi connectivity index (χ4v) is 3.13. The number of hydrogen-bond acceptors (Lipinski definition) is 2. The molecule has 1 aliphatic rings. The van der Waals surface area contributed by atoms with Crippen LogP contribution in [0.5, 0.6) is 0 Å². The van der Waals surface area contributed by atoms with Gasteiger partial charge in [0.15, 0.2) is 0 Å². The summed E-state index contributed by atoms with van der Waals surface area (Å²) >= 11 is 0. The Morgan fingerprint density at radius 1 is 1.25 bits per heavy atom. The van der Waals surface area contributed by atoms with Crippen LogP contribution in [0.4, 0.5) is 10.1 Å². The van der Waals surface area contributed by atoms with Crippen LogP contribution in [-0.2, 0) is 4.79 Å². The number of nitrogens with zero attached hydrogens (tertiary/aromatic N) is 2. The number of rotatable bonds is 4. The lowest BCUT2D eigenvalue weighted by atomic mass is 10.1. The molecule has 2 unspecified atom stereocenters. The molecular formula is C20H19FN2O. The van der Waals surface area contributed by atoms with Crippen molar-refractivity contribution in [3.05, 3.63) is 65.5 Å². The van der Waals surface area contributed by atoms with Crippen LogP contribution in [0.25, 0.3) is 0 Å². The van der Waals surface area contributed by atoms with Crippen LogP contribution >= 0.6 is 0 Å². The Kier molecular flexibility index (Phi) is 4.35. The molecular weight excluding hydrogens is 303 g/mol. The van der Waals surface area contributed by atoms with Crippen molar-refractivity contribution in [2.45, 2.75) is 32.2 Å². The van der Waals surface area contributed by atoms with Crippen LogP contribution in [0, 0.1) is 23.1 Å². The maximum Gasteiger partial charge on any atom is 0.230 e. The van der Waals surface area contributed by atoms with E-state index < -0.39 is 0 Å². The number of carbonyl (C=O) groups is 1. The van der Waals surface area contributed by atoms with Crippen molar-refractivity contribution >= 4 is 11.6 Å². The van der Waals surface area contributed by atoms with Gasteiger partial charge in [0, 0.05) is 17.6 Å². The largest absolute Gasteiger partial charge is 0.310 e. The standard InChI is InChI=1S/C20H19FN2O/c1-13(2)23(17-5-3-4-14(10-17)12-22)20(24)19-11-18(19)15-6-8-16(21)9-7-15/h3-10,13,18-19H,11H2,1-2H3. The van der Waals surface area contributed by atoms with Crippen molar-refractivity contribution in [2.24, 2.45) is 5.92 Å². The first-order valence-electron chi connectivity index (χ1n) is 8.10. The molecule has 24 heavy (non-hydrogen) atoms. The molecule has 4 heteroatoms. The van der Waals surface area contributed by atoms with Crippen molar-refractivity contribution in [2.75, 3.05) is 4.90 Å². The van der Waals surface area contributed by atoms with Gasteiger partial charge in [0.1, 0.15) is 5.82 Å². The van der Waals surface area contributed by atoms with Gasteiger partial charge in [-0.15, -0.1) is 0 Å². The number of halogens is 1. The van der Waals surface area contributed by atoms with E-state index >= 15 is 0 Å². The van der Waals surface area contributed by atoms with Crippen LogP contribution < -0.4 is 4.90 Å². The molecule has 0 saturated heterocycles. The average molecular weight is 322 g/mol. The van der Waals surface area contributed by atoms with Gasteiger partial charge in [0.05, 0.1) is 11.6 Å². The lowest BCUT2D eigenvalue weighted by Gasteiger charge is -2.27. The zero-order chi connectivity index (χ0) is 17.3. The highest BCUT2D eigenvalue weighted by molar-refractivity contribution is 5.98. The minimum atomic E-state index is -0.264. The molecule has 0 aromatic heterocycles. The smallest absolute Gasteiger partial charge is 0.230 e. The molecule has 0 spiro atoms. The Bertz CT molecular complexity index is 792. The molecule has 3 nitrogen and oxygen atoms in total. The number of nitriles is 1. The molecule has 1 aliphatic carbocycles. The van der Waals surface area contributed by atoms with Crippen LogP contribution in [0.1, 0.15) is 37.3 Å². The zero-order valence-electron chi connectivity index (χ0n) is 13.7.